The molecule has 7 heteroatoms. The monoisotopic (exact) mass is 352 g/mol. The second-order valence-electron chi connectivity index (χ2n) is 5.98. The number of hydrogen-bond donors (Lipinski definition) is 2. The van der Waals surface area contributed by atoms with Crippen LogP contribution in [0, 0.1) is 6.92 Å². The van der Waals surface area contributed by atoms with Crippen LogP contribution in [0.2, 0.25) is 0 Å². The minimum atomic E-state index is -1.15. The molecule has 0 radical (unpaired) electrons. The van der Waals surface area contributed by atoms with E-state index in [-0.39, 0.29) is 41.5 Å². The Morgan fingerprint density at radius 3 is 2.38 bits per heavy atom. The van der Waals surface area contributed by atoms with E-state index in [9.17, 15) is 24.3 Å². The van der Waals surface area contributed by atoms with Crippen molar-refractivity contribution >= 4 is 35.1 Å². The molecule has 0 saturated carbocycles. The van der Waals surface area contributed by atoms with Crippen LogP contribution in [0.4, 0.5) is 11.4 Å². The highest BCUT2D eigenvalue weighted by Crippen LogP contribution is 2.24. The molecule has 1 heterocycles. The first-order chi connectivity index (χ1) is 12.4. The Bertz CT molecular complexity index is 919. The summed E-state index contributed by atoms with van der Waals surface area (Å²) < 4.78 is 0. The molecule has 3 amide bonds. The number of hydrogen-bond acceptors (Lipinski definition) is 4. The van der Waals surface area contributed by atoms with Crippen LogP contribution in [0.3, 0.4) is 0 Å². The maximum absolute atomic E-state index is 12.5. The van der Waals surface area contributed by atoms with Crippen molar-refractivity contribution < 1.29 is 24.3 Å². The van der Waals surface area contributed by atoms with Crippen LogP contribution >= 0.6 is 0 Å². The van der Waals surface area contributed by atoms with Crippen molar-refractivity contribution in [2.24, 2.45) is 0 Å². The van der Waals surface area contributed by atoms with Crippen LogP contribution in [-0.4, -0.2) is 28.8 Å². The molecule has 1 aliphatic heterocycles. The highest BCUT2D eigenvalue weighted by atomic mass is 16.4. The standard InChI is InChI=1S/C19H16N2O5/c1-11-5-6-14(19(25)26)15(9-11)20-18(24)12-3-2-4-13(10-12)21-16(22)7-8-17(21)23/h2-6,9-10H,7-8H2,1H3,(H,20,24)(H,25,26). The molecular weight excluding hydrogens is 336 g/mol. The van der Waals surface area contributed by atoms with Gasteiger partial charge in [-0.3, -0.25) is 19.3 Å². The molecule has 0 atom stereocenters. The molecule has 1 fully saturated rings. The molecule has 132 valence electrons. The lowest BCUT2D eigenvalue weighted by Gasteiger charge is -2.15. The molecule has 0 aromatic heterocycles. The van der Waals surface area contributed by atoms with E-state index in [1.54, 1.807) is 31.2 Å². The summed E-state index contributed by atoms with van der Waals surface area (Å²) in [6, 6.07) is 10.7. The summed E-state index contributed by atoms with van der Waals surface area (Å²) in [6.45, 7) is 1.78. The van der Waals surface area contributed by atoms with E-state index < -0.39 is 11.9 Å². The van der Waals surface area contributed by atoms with Crippen LogP contribution in [0.1, 0.15) is 39.1 Å². The van der Waals surface area contributed by atoms with Crippen molar-refractivity contribution in [3.8, 4) is 0 Å². The lowest BCUT2D eigenvalue weighted by atomic mass is 10.1. The summed E-state index contributed by atoms with van der Waals surface area (Å²) in [6.07, 6.45) is 0.307. The van der Waals surface area contributed by atoms with Crippen molar-refractivity contribution in [2.75, 3.05) is 10.2 Å². The third kappa shape index (κ3) is 3.32. The zero-order chi connectivity index (χ0) is 18.8. The zero-order valence-corrected chi connectivity index (χ0v) is 14.0. The van der Waals surface area contributed by atoms with E-state index in [0.29, 0.717) is 5.69 Å². The van der Waals surface area contributed by atoms with Gasteiger partial charge in [-0.05, 0) is 42.8 Å². The van der Waals surface area contributed by atoms with E-state index in [1.165, 1.54) is 18.2 Å². The molecule has 0 aliphatic carbocycles. The van der Waals surface area contributed by atoms with Crippen LogP contribution in [0.5, 0.6) is 0 Å². The van der Waals surface area contributed by atoms with Gasteiger partial charge in [-0.2, -0.15) is 0 Å². The average Bonchev–Trinajstić information content (AvgIpc) is 2.93. The molecule has 2 aromatic rings. The number of amides is 3. The number of aromatic carboxylic acids is 1. The van der Waals surface area contributed by atoms with Crippen molar-refractivity contribution in [1.82, 2.24) is 0 Å². The van der Waals surface area contributed by atoms with Gasteiger partial charge < -0.3 is 10.4 Å². The summed E-state index contributed by atoms with van der Waals surface area (Å²) >= 11 is 0. The van der Waals surface area contributed by atoms with Gasteiger partial charge >= 0.3 is 5.97 Å². The molecule has 1 saturated heterocycles. The van der Waals surface area contributed by atoms with Gasteiger partial charge in [0, 0.05) is 18.4 Å². The van der Waals surface area contributed by atoms with Gasteiger partial charge in [-0.25, -0.2) is 4.79 Å². The number of carboxylic acid groups (broad SMARTS) is 1. The fourth-order valence-corrected chi connectivity index (χ4v) is 2.79. The third-order valence-electron chi connectivity index (χ3n) is 4.07. The van der Waals surface area contributed by atoms with Crippen molar-refractivity contribution in [3.05, 3.63) is 59.2 Å². The van der Waals surface area contributed by atoms with E-state index in [4.69, 9.17) is 0 Å². The van der Waals surface area contributed by atoms with E-state index in [2.05, 4.69) is 5.32 Å². The Balaban J connectivity index is 1.89. The number of carboxylic acids is 1. The number of nitrogens with zero attached hydrogens (tertiary/aromatic N) is 1. The number of benzene rings is 2. The van der Waals surface area contributed by atoms with Crippen molar-refractivity contribution in [2.45, 2.75) is 19.8 Å². The van der Waals surface area contributed by atoms with E-state index in [0.717, 1.165) is 10.5 Å². The molecule has 2 aromatic carbocycles. The predicted octanol–water partition coefficient (Wildman–Crippen LogP) is 2.60. The second kappa shape index (κ2) is 6.79. The Morgan fingerprint density at radius 1 is 1.04 bits per heavy atom. The number of aryl methyl sites for hydroxylation is 1. The Kier molecular flexibility index (Phi) is 4.53. The van der Waals surface area contributed by atoms with Crippen molar-refractivity contribution in [3.63, 3.8) is 0 Å². The Morgan fingerprint density at radius 2 is 1.73 bits per heavy atom. The molecular formula is C19H16N2O5. The molecule has 0 bridgehead atoms. The number of carbonyl (C=O) groups is 4. The predicted molar refractivity (Wildman–Crippen MR) is 94.3 cm³/mol. The maximum atomic E-state index is 12.5. The molecule has 7 nitrogen and oxygen atoms in total. The third-order valence-corrected chi connectivity index (χ3v) is 4.07. The molecule has 0 unspecified atom stereocenters. The summed E-state index contributed by atoms with van der Waals surface area (Å²) in [5.41, 5.74) is 1.50. The highest BCUT2D eigenvalue weighted by Gasteiger charge is 2.30. The summed E-state index contributed by atoms with van der Waals surface area (Å²) in [4.78, 5) is 48.6. The Hall–Kier alpha value is -3.48. The number of imide groups is 1. The first kappa shape index (κ1) is 17.3. The summed E-state index contributed by atoms with van der Waals surface area (Å²) in [7, 11) is 0. The number of rotatable bonds is 4. The number of anilines is 2. The van der Waals surface area contributed by atoms with E-state index >= 15 is 0 Å². The number of carbonyl (C=O) groups excluding carboxylic acids is 3. The smallest absolute Gasteiger partial charge is 0.337 e. The quantitative estimate of drug-likeness (QED) is 0.823. The minimum absolute atomic E-state index is 0.0231. The molecule has 26 heavy (non-hydrogen) atoms. The lowest BCUT2D eigenvalue weighted by molar-refractivity contribution is -0.121. The largest absolute Gasteiger partial charge is 0.478 e. The van der Waals surface area contributed by atoms with E-state index in [1.807, 2.05) is 0 Å². The highest BCUT2D eigenvalue weighted by molar-refractivity contribution is 6.20. The first-order valence-corrected chi connectivity index (χ1v) is 7.98. The number of nitrogens with one attached hydrogen (secondary N) is 1. The van der Waals surface area contributed by atoms with Gasteiger partial charge in [0.1, 0.15) is 0 Å². The van der Waals surface area contributed by atoms with Gasteiger partial charge in [0.05, 0.1) is 16.9 Å². The van der Waals surface area contributed by atoms with Gasteiger partial charge in [-0.1, -0.05) is 12.1 Å². The minimum Gasteiger partial charge on any atom is -0.478 e. The SMILES string of the molecule is Cc1ccc(C(=O)O)c(NC(=O)c2cccc(N3C(=O)CCC3=O)c2)c1. The fourth-order valence-electron chi connectivity index (χ4n) is 2.79. The fraction of sp³-hybridized carbons (Fsp3) is 0.158. The van der Waals surface area contributed by atoms with Gasteiger partial charge in [0.25, 0.3) is 5.91 Å². The molecule has 0 spiro atoms. The average molecular weight is 352 g/mol. The molecule has 3 rings (SSSR count). The maximum Gasteiger partial charge on any atom is 0.337 e. The summed E-state index contributed by atoms with van der Waals surface area (Å²) in [5.74, 6) is -2.29. The van der Waals surface area contributed by atoms with Gasteiger partial charge in [0.15, 0.2) is 0 Å². The normalized spacial score (nSPS) is 13.8. The van der Waals surface area contributed by atoms with Crippen molar-refractivity contribution in [1.29, 1.82) is 0 Å². The zero-order valence-electron chi connectivity index (χ0n) is 14.0. The molecule has 2 N–H and O–H groups in total. The van der Waals surface area contributed by atoms with Gasteiger partial charge in [0.2, 0.25) is 11.8 Å². The molecule has 1 aliphatic rings. The topological polar surface area (TPSA) is 104 Å². The summed E-state index contributed by atoms with van der Waals surface area (Å²) in [5, 5.41) is 11.8. The van der Waals surface area contributed by atoms with Crippen LogP contribution < -0.4 is 10.2 Å². The first-order valence-electron chi connectivity index (χ1n) is 7.98. The lowest BCUT2D eigenvalue weighted by Crippen LogP contribution is -2.28. The van der Waals surface area contributed by atoms with Crippen LogP contribution in [0.25, 0.3) is 0 Å². The van der Waals surface area contributed by atoms with Crippen LogP contribution in [-0.2, 0) is 9.59 Å². The second-order valence-corrected chi connectivity index (χ2v) is 5.98. The Labute approximate surface area is 149 Å². The van der Waals surface area contributed by atoms with Gasteiger partial charge in [-0.15, -0.1) is 0 Å². The van der Waals surface area contributed by atoms with Crippen LogP contribution in [0.15, 0.2) is 42.5 Å².